The molecule has 1 aliphatic carbocycles. The van der Waals surface area contributed by atoms with Gasteiger partial charge in [0.2, 0.25) is 0 Å². The molecule has 8 heteroatoms. The Bertz CT molecular complexity index is 875. The maximum absolute atomic E-state index is 14.6. The summed E-state index contributed by atoms with van der Waals surface area (Å²) in [5.41, 5.74) is 1.35. The lowest BCUT2D eigenvalue weighted by molar-refractivity contribution is 0.0865. The molecule has 152 valence electrons. The normalized spacial score (nSPS) is 16.0. The second-order valence-electron chi connectivity index (χ2n) is 7.28. The third-order valence-corrected chi connectivity index (χ3v) is 6.11. The SMILES string of the molecule is Cc1ccc(Nc2c(F)c(F)cc(C)c2NSC2(CC(O)CO)CC2)c(F)c1. The first kappa shape index (κ1) is 20.8. The number of aliphatic hydroxyl groups excluding tert-OH is 2. The maximum atomic E-state index is 14.6. The lowest BCUT2D eigenvalue weighted by atomic mass is 10.1. The molecule has 0 bridgehead atoms. The van der Waals surface area contributed by atoms with Gasteiger partial charge in [-0.25, -0.2) is 13.2 Å². The fourth-order valence-electron chi connectivity index (χ4n) is 3.00. The fraction of sp³-hybridized carbons (Fsp3) is 0.400. The highest BCUT2D eigenvalue weighted by Crippen LogP contribution is 2.52. The number of hydrogen-bond acceptors (Lipinski definition) is 5. The second-order valence-corrected chi connectivity index (χ2v) is 8.55. The van der Waals surface area contributed by atoms with Crippen LogP contribution in [0.25, 0.3) is 0 Å². The van der Waals surface area contributed by atoms with E-state index in [0.29, 0.717) is 23.2 Å². The average molecular weight is 412 g/mol. The first-order valence-corrected chi connectivity index (χ1v) is 9.81. The van der Waals surface area contributed by atoms with Crippen LogP contribution in [0.5, 0.6) is 0 Å². The van der Waals surface area contributed by atoms with E-state index in [-0.39, 0.29) is 22.7 Å². The van der Waals surface area contributed by atoms with Crippen molar-refractivity contribution in [1.82, 2.24) is 0 Å². The third-order valence-electron chi connectivity index (χ3n) is 4.80. The summed E-state index contributed by atoms with van der Waals surface area (Å²) in [5.74, 6) is -2.70. The number of anilines is 3. The van der Waals surface area contributed by atoms with Gasteiger partial charge in [0.05, 0.1) is 24.1 Å². The molecular weight excluding hydrogens is 389 g/mol. The Morgan fingerprint density at radius 3 is 2.43 bits per heavy atom. The van der Waals surface area contributed by atoms with Gasteiger partial charge in [0.15, 0.2) is 11.6 Å². The molecule has 0 heterocycles. The Kier molecular flexibility index (Phi) is 6.12. The molecule has 1 unspecified atom stereocenters. The monoisotopic (exact) mass is 412 g/mol. The zero-order valence-corrected chi connectivity index (χ0v) is 16.5. The number of benzene rings is 2. The number of rotatable bonds is 8. The average Bonchev–Trinajstić information content (AvgIpc) is 3.40. The van der Waals surface area contributed by atoms with Gasteiger partial charge in [-0.3, -0.25) is 0 Å². The smallest absolute Gasteiger partial charge is 0.184 e. The molecule has 4 N–H and O–H groups in total. The highest BCUT2D eigenvalue weighted by Gasteiger charge is 2.45. The van der Waals surface area contributed by atoms with Crippen molar-refractivity contribution in [3.05, 3.63) is 52.8 Å². The van der Waals surface area contributed by atoms with E-state index in [4.69, 9.17) is 5.11 Å². The first-order chi connectivity index (χ1) is 13.2. The van der Waals surface area contributed by atoms with E-state index in [1.165, 1.54) is 24.1 Å². The Morgan fingerprint density at radius 2 is 1.82 bits per heavy atom. The fourth-order valence-corrected chi connectivity index (χ4v) is 4.16. The number of nitrogens with one attached hydrogen (secondary N) is 2. The van der Waals surface area contributed by atoms with Crippen LogP contribution in [0.3, 0.4) is 0 Å². The minimum Gasteiger partial charge on any atom is -0.394 e. The number of aryl methyl sites for hydroxylation is 2. The van der Waals surface area contributed by atoms with Gasteiger partial charge in [-0.1, -0.05) is 6.07 Å². The molecule has 0 aliphatic heterocycles. The van der Waals surface area contributed by atoms with Crippen LogP contribution in [0.2, 0.25) is 0 Å². The maximum Gasteiger partial charge on any atom is 0.184 e. The van der Waals surface area contributed by atoms with E-state index < -0.39 is 23.6 Å². The van der Waals surface area contributed by atoms with Crippen LogP contribution in [0.4, 0.5) is 30.2 Å². The lowest BCUT2D eigenvalue weighted by Gasteiger charge is -2.22. The Balaban J connectivity index is 1.87. The number of hydrogen-bond donors (Lipinski definition) is 4. The van der Waals surface area contributed by atoms with Crippen LogP contribution in [0.1, 0.15) is 30.4 Å². The molecule has 0 radical (unpaired) electrons. The molecule has 1 saturated carbocycles. The van der Waals surface area contributed by atoms with Gasteiger partial charge in [-0.15, -0.1) is 0 Å². The van der Waals surface area contributed by atoms with Crippen molar-refractivity contribution in [3.63, 3.8) is 0 Å². The molecule has 1 aliphatic rings. The topological polar surface area (TPSA) is 64.5 Å². The summed E-state index contributed by atoms with van der Waals surface area (Å²) in [6.45, 7) is 3.04. The van der Waals surface area contributed by atoms with Crippen LogP contribution in [-0.2, 0) is 0 Å². The zero-order valence-electron chi connectivity index (χ0n) is 15.7. The highest BCUT2D eigenvalue weighted by atomic mass is 32.2. The summed E-state index contributed by atoms with van der Waals surface area (Å²) in [4.78, 5) is 0. The molecule has 0 saturated heterocycles. The van der Waals surface area contributed by atoms with Crippen molar-refractivity contribution in [1.29, 1.82) is 0 Å². The minimum atomic E-state index is -1.10. The molecule has 28 heavy (non-hydrogen) atoms. The predicted molar refractivity (Wildman–Crippen MR) is 106 cm³/mol. The van der Waals surface area contributed by atoms with Crippen molar-refractivity contribution in [2.45, 2.75) is 44.0 Å². The van der Waals surface area contributed by atoms with E-state index in [1.807, 2.05) is 0 Å². The van der Waals surface area contributed by atoms with Gasteiger partial charge in [0, 0.05) is 4.75 Å². The Hall–Kier alpha value is -1.90. The van der Waals surface area contributed by atoms with Crippen LogP contribution in [0, 0.1) is 31.3 Å². The largest absolute Gasteiger partial charge is 0.394 e. The van der Waals surface area contributed by atoms with Crippen LogP contribution in [-0.4, -0.2) is 27.7 Å². The molecule has 2 aromatic rings. The van der Waals surface area contributed by atoms with Gasteiger partial charge in [0.25, 0.3) is 0 Å². The Labute approximate surface area is 166 Å². The van der Waals surface area contributed by atoms with Crippen LogP contribution in [0.15, 0.2) is 24.3 Å². The quantitative estimate of drug-likeness (QED) is 0.469. The molecule has 1 atom stereocenters. The van der Waals surface area contributed by atoms with E-state index in [1.54, 1.807) is 19.9 Å². The van der Waals surface area contributed by atoms with E-state index >= 15 is 0 Å². The van der Waals surface area contributed by atoms with Crippen molar-refractivity contribution >= 4 is 29.0 Å². The molecule has 0 aromatic heterocycles. The second kappa shape index (κ2) is 8.23. The van der Waals surface area contributed by atoms with Gasteiger partial charge in [0.1, 0.15) is 11.5 Å². The number of halogens is 3. The van der Waals surface area contributed by atoms with Crippen LogP contribution >= 0.6 is 11.9 Å². The van der Waals surface area contributed by atoms with Gasteiger partial charge in [-0.05, 0) is 74.4 Å². The minimum absolute atomic E-state index is 0.0411. The molecule has 0 spiro atoms. The summed E-state index contributed by atoms with van der Waals surface area (Å²) in [6.07, 6.45) is 1.22. The van der Waals surface area contributed by atoms with E-state index in [0.717, 1.165) is 18.9 Å². The number of aliphatic hydroxyl groups is 2. The van der Waals surface area contributed by atoms with Crippen LogP contribution < -0.4 is 10.0 Å². The van der Waals surface area contributed by atoms with Crippen molar-refractivity contribution < 1.29 is 23.4 Å². The van der Waals surface area contributed by atoms with Gasteiger partial charge < -0.3 is 20.3 Å². The molecule has 0 amide bonds. The molecule has 3 rings (SSSR count). The summed E-state index contributed by atoms with van der Waals surface area (Å²) < 4.78 is 45.6. The van der Waals surface area contributed by atoms with E-state index in [2.05, 4.69) is 10.0 Å². The molecule has 2 aromatic carbocycles. The summed E-state index contributed by atoms with van der Waals surface area (Å²) >= 11 is 1.30. The first-order valence-electron chi connectivity index (χ1n) is 8.99. The van der Waals surface area contributed by atoms with Gasteiger partial charge in [-0.2, -0.15) is 0 Å². The standard InChI is InChI=1S/C20H23F3N2O2S/c1-11-3-4-16(14(21)7-11)24-19-17(23)15(22)8-12(2)18(19)25-28-20(5-6-20)9-13(27)10-26/h3-4,7-8,13,24-27H,5-6,9-10H2,1-2H3. The van der Waals surface area contributed by atoms with Crippen molar-refractivity contribution in [3.8, 4) is 0 Å². The highest BCUT2D eigenvalue weighted by molar-refractivity contribution is 8.02. The van der Waals surface area contributed by atoms with Crippen molar-refractivity contribution in [2.75, 3.05) is 16.6 Å². The molecule has 4 nitrogen and oxygen atoms in total. The van der Waals surface area contributed by atoms with Gasteiger partial charge >= 0.3 is 0 Å². The zero-order chi connectivity index (χ0) is 20.5. The predicted octanol–water partition coefficient (Wildman–Crippen LogP) is 4.80. The summed E-state index contributed by atoms with van der Waals surface area (Å²) in [7, 11) is 0. The summed E-state index contributed by atoms with van der Waals surface area (Å²) in [6, 6.07) is 5.54. The Morgan fingerprint density at radius 1 is 1.11 bits per heavy atom. The van der Waals surface area contributed by atoms with E-state index in [9.17, 15) is 18.3 Å². The third kappa shape index (κ3) is 4.56. The molecular formula is C20H23F3N2O2S. The lowest BCUT2D eigenvalue weighted by Crippen LogP contribution is -2.21. The van der Waals surface area contributed by atoms with Crippen molar-refractivity contribution in [2.24, 2.45) is 0 Å². The summed E-state index contributed by atoms with van der Waals surface area (Å²) in [5, 5.41) is 21.4. The molecule has 1 fully saturated rings.